The molecule has 1 aliphatic rings. The van der Waals surface area contributed by atoms with Crippen LogP contribution in [0.1, 0.15) is 12.2 Å². The SMILES string of the molecule is O=C(CCc1ccco1)N1CCN(S(=O)(=O)c2ccccc2[N+](=O)[O-])CC1. The van der Waals surface area contributed by atoms with Gasteiger partial charge in [-0.1, -0.05) is 12.1 Å². The van der Waals surface area contributed by atoms with Crippen LogP contribution in [0.25, 0.3) is 0 Å². The smallest absolute Gasteiger partial charge is 0.289 e. The van der Waals surface area contributed by atoms with Crippen LogP contribution in [-0.2, 0) is 21.2 Å². The Kier molecular flexibility index (Phi) is 5.57. The number of piperazine rings is 1. The van der Waals surface area contributed by atoms with Crippen molar-refractivity contribution in [2.45, 2.75) is 17.7 Å². The zero-order valence-corrected chi connectivity index (χ0v) is 15.3. The number of furan rings is 1. The van der Waals surface area contributed by atoms with Crippen molar-refractivity contribution < 1.29 is 22.6 Å². The topological polar surface area (TPSA) is 114 Å². The van der Waals surface area contributed by atoms with Crippen LogP contribution in [0.3, 0.4) is 0 Å². The van der Waals surface area contributed by atoms with Crippen molar-refractivity contribution in [3.8, 4) is 0 Å². The molecule has 1 aromatic carbocycles. The third-order valence-electron chi connectivity index (χ3n) is 4.44. The number of benzene rings is 1. The van der Waals surface area contributed by atoms with Crippen LogP contribution in [0.5, 0.6) is 0 Å². The first-order valence-corrected chi connectivity index (χ1v) is 9.87. The number of para-hydroxylation sites is 1. The van der Waals surface area contributed by atoms with Gasteiger partial charge in [0.2, 0.25) is 15.9 Å². The molecule has 0 N–H and O–H groups in total. The van der Waals surface area contributed by atoms with Crippen molar-refractivity contribution in [1.29, 1.82) is 0 Å². The minimum Gasteiger partial charge on any atom is -0.469 e. The Morgan fingerprint density at radius 3 is 2.44 bits per heavy atom. The highest BCUT2D eigenvalue weighted by molar-refractivity contribution is 7.89. The Morgan fingerprint density at radius 2 is 1.81 bits per heavy atom. The summed E-state index contributed by atoms with van der Waals surface area (Å²) < 4.78 is 31.9. The summed E-state index contributed by atoms with van der Waals surface area (Å²) in [6.45, 7) is 0.690. The van der Waals surface area contributed by atoms with Crippen LogP contribution >= 0.6 is 0 Å². The third-order valence-corrected chi connectivity index (χ3v) is 6.38. The lowest BCUT2D eigenvalue weighted by Crippen LogP contribution is -2.50. The molecule has 0 bridgehead atoms. The summed E-state index contributed by atoms with van der Waals surface area (Å²) in [5.74, 6) is 0.648. The molecule has 2 heterocycles. The highest BCUT2D eigenvalue weighted by atomic mass is 32.2. The number of rotatable bonds is 6. The van der Waals surface area contributed by atoms with Crippen LogP contribution in [0.15, 0.2) is 52.0 Å². The molecule has 9 nitrogen and oxygen atoms in total. The summed E-state index contributed by atoms with van der Waals surface area (Å²) in [4.78, 5) is 24.0. The lowest BCUT2D eigenvalue weighted by molar-refractivity contribution is -0.387. The van der Waals surface area contributed by atoms with E-state index in [1.807, 2.05) is 0 Å². The maximum Gasteiger partial charge on any atom is 0.289 e. The van der Waals surface area contributed by atoms with Crippen molar-refractivity contribution in [1.82, 2.24) is 9.21 Å². The number of nitro benzene ring substituents is 1. The number of amides is 1. The van der Waals surface area contributed by atoms with Crippen molar-refractivity contribution in [2.24, 2.45) is 0 Å². The molecule has 10 heteroatoms. The van der Waals surface area contributed by atoms with E-state index in [1.165, 1.54) is 28.6 Å². The minimum absolute atomic E-state index is 0.0749. The molecule has 0 saturated carbocycles. The molecule has 1 amide bonds. The fourth-order valence-electron chi connectivity index (χ4n) is 2.99. The van der Waals surface area contributed by atoms with E-state index < -0.39 is 20.6 Å². The molecule has 1 fully saturated rings. The fraction of sp³-hybridized carbons (Fsp3) is 0.353. The fourth-order valence-corrected chi connectivity index (χ4v) is 4.57. The summed E-state index contributed by atoms with van der Waals surface area (Å²) >= 11 is 0. The second kappa shape index (κ2) is 7.89. The largest absolute Gasteiger partial charge is 0.469 e. The summed E-state index contributed by atoms with van der Waals surface area (Å²) in [7, 11) is -4.00. The second-order valence-corrected chi connectivity index (χ2v) is 8.00. The zero-order valence-electron chi connectivity index (χ0n) is 14.5. The average Bonchev–Trinajstić information content (AvgIpc) is 3.20. The average molecular weight is 393 g/mol. The Bertz CT molecular complexity index is 918. The molecule has 0 atom stereocenters. The quantitative estimate of drug-likeness (QED) is 0.545. The first-order chi connectivity index (χ1) is 12.9. The number of carbonyl (C=O) groups excluding carboxylic acids is 1. The van der Waals surface area contributed by atoms with Gasteiger partial charge in [-0.05, 0) is 18.2 Å². The molecule has 3 rings (SSSR count). The summed E-state index contributed by atoms with van der Waals surface area (Å²) in [5.41, 5.74) is -0.450. The Hall–Kier alpha value is -2.72. The van der Waals surface area contributed by atoms with Gasteiger partial charge in [-0.15, -0.1) is 0 Å². The second-order valence-electron chi connectivity index (χ2n) is 6.09. The Morgan fingerprint density at radius 1 is 1.11 bits per heavy atom. The van der Waals surface area contributed by atoms with Gasteiger partial charge >= 0.3 is 0 Å². The number of sulfonamides is 1. The minimum atomic E-state index is -4.00. The van der Waals surface area contributed by atoms with E-state index in [9.17, 15) is 23.3 Å². The number of hydrogen-bond acceptors (Lipinski definition) is 6. The maximum absolute atomic E-state index is 12.8. The van der Waals surface area contributed by atoms with Gasteiger partial charge in [0.15, 0.2) is 4.90 Å². The van der Waals surface area contributed by atoms with Crippen molar-refractivity contribution >= 4 is 21.6 Å². The van der Waals surface area contributed by atoms with Crippen molar-refractivity contribution in [2.75, 3.05) is 26.2 Å². The van der Waals surface area contributed by atoms with Gasteiger partial charge in [-0.2, -0.15) is 4.31 Å². The van der Waals surface area contributed by atoms with Crippen LogP contribution in [0.2, 0.25) is 0 Å². The first kappa shape index (κ1) is 19.1. The molecule has 0 unspecified atom stereocenters. The zero-order chi connectivity index (χ0) is 19.4. The highest BCUT2D eigenvalue weighted by Crippen LogP contribution is 2.27. The molecule has 0 spiro atoms. The Labute approximate surface area is 156 Å². The molecule has 144 valence electrons. The van der Waals surface area contributed by atoms with E-state index in [0.717, 1.165) is 5.76 Å². The van der Waals surface area contributed by atoms with E-state index in [-0.39, 0.29) is 43.4 Å². The summed E-state index contributed by atoms with van der Waals surface area (Å²) in [6, 6.07) is 8.83. The normalized spacial score (nSPS) is 15.6. The molecule has 1 aliphatic heterocycles. The number of nitrogens with zero attached hydrogens (tertiary/aromatic N) is 3. The number of hydrogen-bond donors (Lipinski definition) is 0. The number of aryl methyl sites for hydroxylation is 1. The van der Waals surface area contributed by atoms with Gasteiger partial charge in [0.1, 0.15) is 5.76 Å². The summed E-state index contributed by atoms with van der Waals surface area (Å²) in [6.07, 6.45) is 2.32. The predicted molar refractivity (Wildman–Crippen MR) is 95.5 cm³/mol. The maximum atomic E-state index is 12.8. The number of nitro groups is 1. The van der Waals surface area contributed by atoms with E-state index in [2.05, 4.69) is 0 Å². The monoisotopic (exact) mass is 393 g/mol. The molecule has 0 aliphatic carbocycles. The molecule has 2 aromatic rings. The van der Waals surface area contributed by atoms with Crippen molar-refractivity contribution in [3.05, 3.63) is 58.5 Å². The highest BCUT2D eigenvalue weighted by Gasteiger charge is 2.34. The van der Waals surface area contributed by atoms with Gasteiger partial charge in [-0.3, -0.25) is 14.9 Å². The van der Waals surface area contributed by atoms with Crippen LogP contribution in [0, 0.1) is 10.1 Å². The molecular weight excluding hydrogens is 374 g/mol. The Balaban J connectivity index is 1.63. The standard InChI is InChI=1S/C17H19N3O6S/c21-17(8-7-14-4-3-13-26-14)18-9-11-19(12-10-18)27(24,25)16-6-2-1-5-15(16)20(22)23/h1-6,13H,7-12H2. The van der Waals surface area contributed by atoms with E-state index >= 15 is 0 Å². The predicted octanol–water partition coefficient (Wildman–Crippen LogP) is 1.65. The first-order valence-electron chi connectivity index (χ1n) is 8.43. The van der Waals surface area contributed by atoms with Crippen LogP contribution in [-0.4, -0.2) is 54.6 Å². The third kappa shape index (κ3) is 4.17. The van der Waals surface area contributed by atoms with Gasteiger partial charge in [0.25, 0.3) is 5.69 Å². The lowest BCUT2D eigenvalue weighted by atomic mass is 10.2. The van der Waals surface area contributed by atoms with Gasteiger partial charge < -0.3 is 9.32 Å². The van der Waals surface area contributed by atoms with E-state index in [1.54, 1.807) is 23.3 Å². The molecule has 1 aromatic heterocycles. The lowest BCUT2D eigenvalue weighted by Gasteiger charge is -2.34. The van der Waals surface area contributed by atoms with Gasteiger partial charge in [0.05, 0.1) is 11.2 Å². The molecule has 1 saturated heterocycles. The van der Waals surface area contributed by atoms with E-state index in [4.69, 9.17) is 4.42 Å². The van der Waals surface area contributed by atoms with Crippen LogP contribution < -0.4 is 0 Å². The van der Waals surface area contributed by atoms with Gasteiger partial charge in [0, 0.05) is 45.1 Å². The van der Waals surface area contributed by atoms with Gasteiger partial charge in [-0.25, -0.2) is 8.42 Å². The molecular formula is C17H19N3O6S. The molecule has 27 heavy (non-hydrogen) atoms. The molecule has 0 radical (unpaired) electrons. The summed E-state index contributed by atoms with van der Waals surface area (Å²) in [5, 5.41) is 11.1. The number of carbonyl (C=O) groups is 1. The van der Waals surface area contributed by atoms with E-state index in [0.29, 0.717) is 6.42 Å². The van der Waals surface area contributed by atoms with Crippen molar-refractivity contribution in [3.63, 3.8) is 0 Å². The van der Waals surface area contributed by atoms with Crippen LogP contribution in [0.4, 0.5) is 5.69 Å².